The number of benzene rings is 3. The van der Waals surface area contributed by atoms with Crippen LogP contribution in [-0.2, 0) is 18.3 Å². The Morgan fingerprint density at radius 1 is 1.11 bits per heavy atom. The molecule has 0 bridgehead atoms. The van der Waals surface area contributed by atoms with E-state index >= 15 is 0 Å². The van der Waals surface area contributed by atoms with Gasteiger partial charge in [0.15, 0.2) is 0 Å². The molecule has 0 saturated heterocycles. The Hall–Kier alpha value is -3.18. The summed E-state index contributed by atoms with van der Waals surface area (Å²) in [4.78, 5) is 12.5. The van der Waals surface area contributed by atoms with Crippen molar-refractivity contribution < 1.29 is 13.9 Å². The van der Waals surface area contributed by atoms with E-state index in [1.54, 1.807) is 19.1 Å². The Labute approximate surface area is 162 Å². The molecule has 1 aromatic heterocycles. The summed E-state index contributed by atoms with van der Waals surface area (Å²) in [6.45, 7) is 2.32. The molecule has 0 saturated carbocycles. The van der Waals surface area contributed by atoms with Crippen LogP contribution in [-0.4, -0.2) is 17.1 Å². The highest BCUT2D eigenvalue weighted by molar-refractivity contribution is 6.07. The first-order chi connectivity index (χ1) is 13.5. The molecule has 0 aliphatic heterocycles. The molecule has 1 heterocycles. The Morgan fingerprint density at radius 2 is 1.93 bits per heavy atom. The molecular formula is C23H21FN2O2. The predicted octanol–water partition coefficient (Wildman–Crippen LogP) is 4.77. The van der Waals surface area contributed by atoms with Crippen LogP contribution in [0.25, 0.3) is 32.8 Å². The molecule has 3 aromatic carbocycles. The van der Waals surface area contributed by atoms with E-state index in [-0.39, 0.29) is 18.3 Å². The number of nitrogens with zero attached hydrogens (tertiary/aromatic N) is 1. The maximum Gasteiger partial charge on any atom is 0.340 e. The lowest BCUT2D eigenvalue weighted by Gasteiger charge is -2.08. The van der Waals surface area contributed by atoms with E-state index in [4.69, 9.17) is 10.5 Å². The second-order valence-corrected chi connectivity index (χ2v) is 6.71. The number of hydrogen-bond acceptors (Lipinski definition) is 3. The van der Waals surface area contributed by atoms with Gasteiger partial charge in [0.25, 0.3) is 0 Å². The first-order valence-electron chi connectivity index (χ1n) is 9.22. The number of aryl methyl sites for hydroxylation is 1. The van der Waals surface area contributed by atoms with Gasteiger partial charge in [-0.1, -0.05) is 36.4 Å². The molecule has 142 valence electrons. The zero-order chi connectivity index (χ0) is 19.8. The number of nitrogens with two attached hydrogens (primary N) is 1. The number of esters is 1. The summed E-state index contributed by atoms with van der Waals surface area (Å²) in [5.41, 5.74) is 9.93. The van der Waals surface area contributed by atoms with Gasteiger partial charge in [0, 0.05) is 30.2 Å². The molecule has 0 radical (unpaired) electrons. The number of halogens is 1. The minimum atomic E-state index is -0.367. The third-order valence-electron chi connectivity index (χ3n) is 5.15. The largest absolute Gasteiger partial charge is 0.462 e. The number of fused-ring (bicyclic) bond motifs is 2. The molecule has 0 aliphatic carbocycles. The van der Waals surface area contributed by atoms with Crippen LogP contribution in [0.4, 0.5) is 4.39 Å². The van der Waals surface area contributed by atoms with Gasteiger partial charge in [-0.3, -0.25) is 0 Å². The molecule has 0 amide bonds. The van der Waals surface area contributed by atoms with Crippen molar-refractivity contribution in [3.63, 3.8) is 0 Å². The lowest BCUT2D eigenvalue weighted by molar-refractivity contribution is 0.0527. The van der Waals surface area contributed by atoms with Crippen LogP contribution in [0.2, 0.25) is 0 Å². The number of rotatable bonds is 4. The summed E-state index contributed by atoms with van der Waals surface area (Å²) >= 11 is 0. The molecule has 28 heavy (non-hydrogen) atoms. The summed E-state index contributed by atoms with van der Waals surface area (Å²) in [6, 6.07) is 16.6. The minimum Gasteiger partial charge on any atom is -0.462 e. The highest BCUT2D eigenvalue weighted by Crippen LogP contribution is 2.34. The van der Waals surface area contributed by atoms with Crippen molar-refractivity contribution in [1.29, 1.82) is 0 Å². The van der Waals surface area contributed by atoms with E-state index in [0.29, 0.717) is 12.2 Å². The second kappa shape index (κ2) is 7.09. The Kier molecular flexibility index (Phi) is 4.61. The van der Waals surface area contributed by atoms with Crippen LogP contribution in [0, 0.1) is 5.82 Å². The molecule has 0 aliphatic rings. The number of carbonyl (C=O) groups excluding carboxylic acids is 1. The van der Waals surface area contributed by atoms with Crippen molar-refractivity contribution in [2.24, 2.45) is 12.8 Å². The number of hydrogen-bond donors (Lipinski definition) is 1. The van der Waals surface area contributed by atoms with Gasteiger partial charge in [0.05, 0.1) is 12.2 Å². The molecule has 4 aromatic rings. The zero-order valence-electron chi connectivity index (χ0n) is 15.8. The Balaban J connectivity index is 1.96. The van der Waals surface area contributed by atoms with Crippen LogP contribution in [0.15, 0.2) is 54.6 Å². The van der Waals surface area contributed by atoms with Crippen molar-refractivity contribution in [2.45, 2.75) is 13.5 Å². The van der Waals surface area contributed by atoms with Crippen molar-refractivity contribution in [3.8, 4) is 11.1 Å². The molecule has 2 N–H and O–H groups in total. The second-order valence-electron chi connectivity index (χ2n) is 6.71. The van der Waals surface area contributed by atoms with E-state index in [2.05, 4.69) is 0 Å². The summed E-state index contributed by atoms with van der Waals surface area (Å²) in [5.74, 6) is -0.636. The van der Waals surface area contributed by atoms with Crippen molar-refractivity contribution in [1.82, 2.24) is 4.57 Å². The average Bonchev–Trinajstić information content (AvgIpc) is 2.99. The normalized spacial score (nSPS) is 11.3. The number of aromatic nitrogens is 1. The fourth-order valence-corrected chi connectivity index (χ4v) is 3.82. The first kappa shape index (κ1) is 18.2. The van der Waals surface area contributed by atoms with E-state index in [0.717, 1.165) is 38.5 Å². The van der Waals surface area contributed by atoms with Gasteiger partial charge in [-0.2, -0.15) is 0 Å². The molecule has 5 heteroatoms. The highest BCUT2D eigenvalue weighted by Gasteiger charge is 2.21. The van der Waals surface area contributed by atoms with Gasteiger partial charge in [0.1, 0.15) is 5.82 Å². The fraction of sp³-hybridized carbons (Fsp3) is 0.174. The lowest BCUT2D eigenvalue weighted by Crippen LogP contribution is -2.12. The number of carbonyl (C=O) groups is 1. The number of ether oxygens (including phenoxy) is 1. The fourth-order valence-electron chi connectivity index (χ4n) is 3.82. The molecule has 4 nitrogen and oxygen atoms in total. The van der Waals surface area contributed by atoms with Crippen molar-refractivity contribution in [2.75, 3.05) is 6.61 Å². The average molecular weight is 376 g/mol. The quantitative estimate of drug-likeness (QED) is 0.522. The minimum absolute atomic E-state index is 0.230. The van der Waals surface area contributed by atoms with Gasteiger partial charge in [-0.25, -0.2) is 9.18 Å². The Bertz CT molecular complexity index is 1210. The summed E-state index contributed by atoms with van der Waals surface area (Å²) < 4.78 is 21.0. The van der Waals surface area contributed by atoms with E-state index in [1.165, 1.54) is 6.07 Å². The van der Waals surface area contributed by atoms with Crippen LogP contribution < -0.4 is 5.73 Å². The lowest BCUT2D eigenvalue weighted by atomic mass is 9.97. The van der Waals surface area contributed by atoms with Gasteiger partial charge < -0.3 is 15.0 Å². The first-order valence-corrected chi connectivity index (χ1v) is 9.22. The van der Waals surface area contributed by atoms with Gasteiger partial charge in [-0.05, 0) is 47.0 Å². The highest BCUT2D eigenvalue weighted by atomic mass is 19.1. The molecule has 0 unspecified atom stereocenters. The maximum atomic E-state index is 13.8. The zero-order valence-corrected chi connectivity index (χ0v) is 15.8. The monoisotopic (exact) mass is 376 g/mol. The third kappa shape index (κ3) is 2.84. The van der Waals surface area contributed by atoms with Gasteiger partial charge >= 0.3 is 5.97 Å². The molecule has 0 atom stereocenters. The van der Waals surface area contributed by atoms with Crippen LogP contribution in [0.1, 0.15) is 23.0 Å². The Morgan fingerprint density at radius 3 is 2.68 bits per heavy atom. The molecular weight excluding hydrogens is 355 g/mol. The SMILES string of the molecule is CCOC(=O)c1c(CN)n(C)c2cc(-c3cccc4ccc(F)cc34)ccc12. The van der Waals surface area contributed by atoms with E-state index in [9.17, 15) is 9.18 Å². The third-order valence-corrected chi connectivity index (χ3v) is 5.15. The summed E-state index contributed by atoms with van der Waals surface area (Å²) in [5, 5.41) is 2.62. The standard InChI is InChI=1S/C23H21FN2O2/c1-3-28-23(27)22-18-10-8-15(11-20(18)26(2)21(22)13-25)17-6-4-5-14-7-9-16(24)12-19(14)17/h4-12H,3,13,25H2,1-2H3. The molecule has 4 rings (SSSR count). The predicted molar refractivity (Wildman–Crippen MR) is 110 cm³/mol. The summed E-state index contributed by atoms with van der Waals surface area (Å²) in [7, 11) is 1.89. The van der Waals surface area contributed by atoms with Crippen molar-refractivity contribution in [3.05, 3.63) is 71.7 Å². The topological polar surface area (TPSA) is 57.2 Å². The van der Waals surface area contributed by atoms with Gasteiger partial charge in [-0.15, -0.1) is 0 Å². The van der Waals surface area contributed by atoms with E-state index in [1.807, 2.05) is 48.0 Å². The van der Waals surface area contributed by atoms with Crippen molar-refractivity contribution >= 4 is 27.6 Å². The smallest absolute Gasteiger partial charge is 0.340 e. The molecule has 0 spiro atoms. The van der Waals surface area contributed by atoms with Crippen LogP contribution in [0.5, 0.6) is 0 Å². The van der Waals surface area contributed by atoms with E-state index < -0.39 is 0 Å². The van der Waals surface area contributed by atoms with Crippen LogP contribution >= 0.6 is 0 Å². The van der Waals surface area contributed by atoms with Gasteiger partial charge in [0.2, 0.25) is 0 Å². The van der Waals surface area contributed by atoms with Crippen LogP contribution in [0.3, 0.4) is 0 Å². The summed E-state index contributed by atoms with van der Waals surface area (Å²) in [6.07, 6.45) is 0. The molecule has 0 fully saturated rings. The maximum absolute atomic E-state index is 13.8.